The Kier molecular flexibility index (Phi) is 3.69. The maximum absolute atomic E-state index is 5.78. The molecule has 3 N–H and O–H groups in total. The molecule has 3 nitrogen and oxygen atoms in total. The summed E-state index contributed by atoms with van der Waals surface area (Å²) in [6.07, 6.45) is 1.68. The van der Waals surface area contributed by atoms with Gasteiger partial charge in [-0.2, -0.15) is 0 Å². The van der Waals surface area contributed by atoms with Gasteiger partial charge in [0.25, 0.3) is 0 Å². The van der Waals surface area contributed by atoms with Gasteiger partial charge < -0.3 is 11.1 Å². The third-order valence-electron chi connectivity index (χ3n) is 2.53. The van der Waals surface area contributed by atoms with E-state index in [4.69, 9.17) is 5.73 Å². The molecule has 0 atom stereocenters. The Morgan fingerprint density at radius 2 is 2.18 bits per heavy atom. The highest BCUT2D eigenvalue weighted by Crippen LogP contribution is 2.28. The van der Waals surface area contributed by atoms with Gasteiger partial charge in [-0.15, -0.1) is 11.3 Å². The summed E-state index contributed by atoms with van der Waals surface area (Å²) in [5, 5.41) is 3.31. The average molecular weight is 312 g/mol. The highest BCUT2D eigenvalue weighted by Gasteiger charge is 2.07. The third kappa shape index (κ3) is 2.79. The monoisotopic (exact) mass is 311 g/mol. The van der Waals surface area contributed by atoms with Crippen molar-refractivity contribution in [2.45, 2.75) is 20.4 Å². The number of nitrogen functional groups attached to an aromatic ring is 1. The van der Waals surface area contributed by atoms with Gasteiger partial charge in [-0.3, -0.25) is 0 Å². The molecule has 5 heteroatoms. The molecule has 2 rings (SSSR count). The van der Waals surface area contributed by atoms with E-state index in [0.29, 0.717) is 5.69 Å². The van der Waals surface area contributed by atoms with Gasteiger partial charge in [0.05, 0.1) is 22.9 Å². The Bertz CT molecular complexity index is 537. The summed E-state index contributed by atoms with van der Waals surface area (Å²) in [6, 6.07) is 4.25. The predicted molar refractivity (Wildman–Crippen MR) is 77.5 cm³/mol. The second-order valence-electron chi connectivity index (χ2n) is 3.87. The molecule has 0 aliphatic heterocycles. The lowest BCUT2D eigenvalue weighted by atomic mass is 10.2. The van der Waals surface area contributed by atoms with Gasteiger partial charge in [0, 0.05) is 9.75 Å². The molecule has 0 aromatic carbocycles. The van der Waals surface area contributed by atoms with Crippen LogP contribution in [0.4, 0.5) is 11.5 Å². The maximum Gasteiger partial charge on any atom is 0.141 e. The zero-order chi connectivity index (χ0) is 12.4. The number of anilines is 2. The van der Waals surface area contributed by atoms with Crippen molar-refractivity contribution in [2.24, 2.45) is 0 Å². The molecule has 90 valence electrons. The molecule has 17 heavy (non-hydrogen) atoms. The van der Waals surface area contributed by atoms with Gasteiger partial charge >= 0.3 is 0 Å². The Morgan fingerprint density at radius 3 is 2.82 bits per heavy atom. The molecular formula is C12H14BrN3S. The number of aryl methyl sites for hydroxylation is 1. The number of rotatable bonds is 3. The summed E-state index contributed by atoms with van der Waals surface area (Å²) < 4.78 is 0.936. The van der Waals surface area contributed by atoms with Crippen LogP contribution in [0.3, 0.4) is 0 Å². The van der Waals surface area contributed by atoms with Crippen molar-refractivity contribution in [1.29, 1.82) is 0 Å². The number of nitrogens with two attached hydrogens (primary N) is 1. The molecule has 0 unspecified atom stereocenters. The molecule has 2 aromatic rings. The van der Waals surface area contributed by atoms with Crippen LogP contribution >= 0.6 is 27.3 Å². The minimum absolute atomic E-state index is 0.703. The normalized spacial score (nSPS) is 10.5. The third-order valence-corrected chi connectivity index (χ3v) is 4.50. The summed E-state index contributed by atoms with van der Waals surface area (Å²) in [4.78, 5) is 6.90. The van der Waals surface area contributed by atoms with Crippen LogP contribution < -0.4 is 11.1 Å². The van der Waals surface area contributed by atoms with Crippen molar-refractivity contribution < 1.29 is 0 Å². The topological polar surface area (TPSA) is 50.9 Å². The van der Waals surface area contributed by atoms with E-state index in [0.717, 1.165) is 22.4 Å². The number of halogens is 1. The van der Waals surface area contributed by atoms with Crippen molar-refractivity contribution in [3.8, 4) is 0 Å². The van der Waals surface area contributed by atoms with Crippen LogP contribution in [0.15, 0.2) is 22.8 Å². The largest absolute Gasteiger partial charge is 0.397 e. The molecule has 0 bridgehead atoms. The lowest BCUT2D eigenvalue weighted by Gasteiger charge is -2.09. The van der Waals surface area contributed by atoms with Gasteiger partial charge in [-0.1, -0.05) is 0 Å². The number of hydrogen-bond acceptors (Lipinski definition) is 4. The van der Waals surface area contributed by atoms with Crippen LogP contribution in [0.25, 0.3) is 0 Å². The van der Waals surface area contributed by atoms with E-state index in [1.54, 1.807) is 17.5 Å². The Hall–Kier alpha value is -1.07. The first-order chi connectivity index (χ1) is 8.08. The van der Waals surface area contributed by atoms with Crippen LogP contribution in [0.2, 0.25) is 0 Å². The van der Waals surface area contributed by atoms with Crippen LogP contribution in [-0.4, -0.2) is 4.98 Å². The second-order valence-corrected chi connectivity index (χ2v) is 6.03. The van der Waals surface area contributed by atoms with Crippen LogP contribution in [-0.2, 0) is 6.54 Å². The number of pyridine rings is 1. The van der Waals surface area contributed by atoms with E-state index in [2.05, 4.69) is 45.3 Å². The van der Waals surface area contributed by atoms with E-state index < -0.39 is 0 Å². The number of aromatic nitrogens is 1. The molecule has 0 aliphatic rings. The average Bonchev–Trinajstić information content (AvgIpc) is 2.71. The fourth-order valence-electron chi connectivity index (χ4n) is 1.47. The van der Waals surface area contributed by atoms with Gasteiger partial charge in [0.15, 0.2) is 0 Å². The fraction of sp³-hybridized carbons (Fsp3) is 0.250. The van der Waals surface area contributed by atoms with Crippen molar-refractivity contribution in [1.82, 2.24) is 4.98 Å². The minimum Gasteiger partial charge on any atom is -0.397 e. The fourth-order valence-corrected chi connectivity index (χ4v) is 2.77. The summed E-state index contributed by atoms with van der Waals surface area (Å²) in [5.74, 6) is 0.836. The quantitative estimate of drug-likeness (QED) is 0.908. The van der Waals surface area contributed by atoms with E-state index in [9.17, 15) is 0 Å². The lowest BCUT2D eigenvalue weighted by Crippen LogP contribution is -2.03. The number of nitrogens with zero attached hydrogens (tertiary/aromatic N) is 1. The molecule has 0 fully saturated rings. The molecule has 0 radical (unpaired) electrons. The number of hydrogen-bond donors (Lipinski definition) is 2. The number of thiophene rings is 1. The van der Waals surface area contributed by atoms with Crippen molar-refractivity contribution >= 4 is 38.8 Å². The van der Waals surface area contributed by atoms with Crippen LogP contribution in [0.1, 0.15) is 15.3 Å². The highest BCUT2D eigenvalue weighted by molar-refractivity contribution is 9.10. The Morgan fingerprint density at radius 1 is 1.41 bits per heavy atom. The van der Waals surface area contributed by atoms with E-state index >= 15 is 0 Å². The molecule has 0 saturated carbocycles. The maximum atomic E-state index is 5.78. The van der Waals surface area contributed by atoms with Crippen molar-refractivity contribution in [3.05, 3.63) is 38.1 Å². The first-order valence-corrected chi connectivity index (χ1v) is 6.88. The zero-order valence-electron chi connectivity index (χ0n) is 9.75. The van der Waals surface area contributed by atoms with Crippen LogP contribution in [0, 0.1) is 13.8 Å². The SMILES string of the molecule is Cc1ccc(CNc2ncc(N)c(C)c2Br)s1. The van der Waals surface area contributed by atoms with Crippen LogP contribution in [0.5, 0.6) is 0 Å². The molecular weight excluding hydrogens is 298 g/mol. The summed E-state index contributed by atoms with van der Waals surface area (Å²) in [7, 11) is 0. The smallest absolute Gasteiger partial charge is 0.141 e. The van der Waals surface area contributed by atoms with Crippen molar-refractivity contribution in [3.63, 3.8) is 0 Å². The number of nitrogens with one attached hydrogen (secondary N) is 1. The zero-order valence-corrected chi connectivity index (χ0v) is 12.2. The summed E-state index contributed by atoms with van der Waals surface area (Å²) in [6.45, 7) is 4.87. The summed E-state index contributed by atoms with van der Waals surface area (Å²) >= 11 is 5.30. The second kappa shape index (κ2) is 5.06. The van der Waals surface area contributed by atoms with Crippen molar-refractivity contribution in [2.75, 3.05) is 11.1 Å². The van der Waals surface area contributed by atoms with Gasteiger partial charge in [-0.25, -0.2) is 4.98 Å². The van der Waals surface area contributed by atoms with E-state index in [1.807, 2.05) is 6.92 Å². The molecule has 0 aliphatic carbocycles. The van der Waals surface area contributed by atoms with E-state index in [-0.39, 0.29) is 0 Å². The van der Waals surface area contributed by atoms with E-state index in [1.165, 1.54) is 9.75 Å². The molecule has 0 amide bonds. The Balaban J connectivity index is 2.12. The molecule has 2 aromatic heterocycles. The first-order valence-electron chi connectivity index (χ1n) is 5.27. The molecule has 0 saturated heterocycles. The summed E-state index contributed by atoms with van der Waals surface area (Å²) in [5.41, 5.74) is 7.50. The first kappa shape index (κ1) is 12.4. The predicted octanol–water partition coefficient (Wildman–Crippen LogP) is 3.72. The highest BCUT2D eigenvalue weighted by atomic mass is 79.9. The van der Waals surface area contributed by atoms with Gasteiger partial charge in [0.2, 0.25) is 0 Å². The van der Waals surface area contributed by atoms with Gasteiger partial charge in [0.1, 0.15) is 5.82 Å². The minimum atomic E-state index is 0.703. The van der Waals surface area contributed by atoms with Gasteiger partial charge in [-0.05, 0) is 47.5 Å². The lowest BCUT2D eigenvalue weighted by molar-refractivity contribution is 1.12. The standard InChI is InChI=1S/C12H14BrN3S/c1-7-3-4-9(17-7)5-15-12-11(13)8(2)10(14)6-16-12/h3-4,6H,5,14H2,1-2H3,(H,15,16). The Labute approximate surface area is 113 Å². The molecule has 2 heterocycles. The molecule has 0 spiro atoms.